The molecule has 0 atom stereocenters. The summed E-state index contributed by atoms with van der Waals surface area (Å²) in [6, 6.07) is 4.25. The second kappa shape index (κ2) is 7.05. The van der Waals surface area contributed by atoms with Crippen molar-refractivity contribution in [1.29, 1.82) is 0 Å². The predicted molar refractivity (Wildman–Crippen MR) is 75.1 cm³/mol. The Morgan fingerprint density at radius 1 is 1.18 bits per heavy atom. The standard InChI is InChI=1S/C16H23N/c1-5-13(2)6-7-14(3)8-10-16-11-9-15(4)12-17-16/h6-7,9,11-12H,5,8,10H2,1-4H3/b13-6-,14-7+. The molecule has 0 aliphatic carbocycles. The number of pyridine rings is 1. The monoisotopic (exact) mass is 229 g/mol. The summed E-state index contributed by atoms with van der Waals surface area (Å²) in [6.45, 7) is 8.62. The van der Waals surface area contributed by atoms with Crippen LogP contribution in [0.3, 0.4) is 0 Å². The van der Waals surface area contributed by atoms with Crippen LogP contribution in [0.4, 0.5) is 0 Å². The molecule has 0 saturated carbocycles. The molecule has 1 nitrogen and oxygen atoms in total. The lowest BCUT2D eigenvalue weighted by Crippen LogP contribution is -1.91. The van der Waals surface area contributed by atoms with E-state index < -0.39 is 0 Å². The summed E-state index contributed by atoms with van der Waals surface area (Å²) in [7, 11) is 0. The van der Waals surface area contributed by atoms with Gasteiger partial charge < -0.3 is 0 Å². The summed E-state index contributed by atoms with van der Waals surface area (Å²) >= 11 is 0. The Morgan fingerprint density at radius 3 is 2.47 bits per heavy atom. The minimum Gasteiger partial charge on any atom is -0.261 e. The fourth-order valence-corrected chi connectivity index (χ4v) is 1.46. The highest BCUT2D eigenvalue weighted by Crippen LogP contribution is 2.09. The van der Waals surface area contributed by atoms with Gasteiger partial charge in [-0.2, -0.15) is 0 Å². The van der Waals surface area contributed by atoms with Crippen molar-refractivity contribution in [1.82, 2.24) is 4.98 Å². The van der Waals surface area contributed by atoms with Gasteiger partial charge in [0.15, 0.2) is 0 Å². The molecule has 0 aliphatic heterocycles. The van der Waals surface area contributed by atoms with Gasteiger partial charge in [-0.05, 0) is 51.7 Å². The maximum absolute atomic E-state index is 4.42. The van der Waals surface area contributed by atoms with E-state index in [9.17, 15) is 0 Å². The molecule has 1 aromatic heterocycles. The zero-order valence-corrected chi connectivity index (χ0v) is 11.5. The van der Waals surface area contributed by atoms with Gasteiger partial charge in [-0.1, -0.05) is 36.3 Å². The van der Waals surface area contributed by atoms with Gasteiger partial charge in [-0.15, -0.1) is 0 Å². The van der Waals surface area contributed by atoms with Crippen LogP contribution < -0.4 is 0 Å². The Hall–Kier alpha value is -1.37. The molecule has 1 aromatic rings. The average Bonchev–Trinajstić information content (AvgIpc) is 2.35. The largest absolute Gasteiger partial charge is 0.261 e. The molecule has 0 fully saturated rings. The van der Waals surface area contributed by atoms with Gasteiger partial charge in [0.05, 0.1) is 0 Å². The fourth-order valence-electron chi connectivity index (χ4n) is 1.46. The molecule has 1 rings (SSSR count). The van der Waals surface area contributed by atoms with Crippen LogP contribution in [0.5, 0.6) is 0 Å². The Labute approximate surface area is 105 Å². The first-order valence-corrected chi connectivity index (χ1v) is 6.36. The molecular formula is C16H23N. The number of allylic oxidation sites excluding steroid dienone is 4. The highest BCUT2D eigenvalue weighted by molar-refractivity contribution is 5.17. The van der Waals surface area contributed by atoms with Crippen LogP contribution in [0.1, 0.15) is 44.9 Å². The zero-order valence-electron chi connectivity index (χ0n) is 11.5. The van der Waals surface area contributed by atoms with E-state index >= 15 is 0 Å². The van der Waals surface area contributed by atoms with E-state index in [4.69, 9.17) is 0 Å². The molecule has 0 aromatic carbocycles. The van der Waals surface area contributed by atoms with E-state index in [-0.39, 0.29) is 0 Å². The van der Waals surface area contributed by atoms with Gasteiger partial charge in [0.2, 0.25) is 0 Å². The number of aromatic nitrogens is 1. The summed E-state index contributed by atoms with van der Waals surface area (Å²) in [4.78, 5) is 4.42. The van der Waals surface area contributed by atoms with Gasteiger partial charge in [-0.3, -0.25) is 4.98 Å². The molecule has 0 radical (unpaired) electrons. The van der Waals surface area contributed by atoms with Gasteiger partial charge in [0.1, 0.15) is 0 Å². The molecule has 0 aliphatic rings. The summed E-state index contributed by atoms with van der Waals surface area (Å²) in [5.74, 6) is 0. The Kier molecular flexibility index (Phi) is 5.68. The minimum atomic E-state index is 1.03. The quantitative estimate of drug-likeness (QED) is 0.671. The van der Waals surface area contributed by atoms with Gasteiger partial charge >= 0.3 is 0 Å². The number of hydrogen-bond acceptors (Lipinski definition) is 1. The van der Waals surface area contributed by atoms with E-state index in [0.717, 1.165) is 19.3 Å². The molecule has 0 saturated heterocycles. The van der Waals surface area contributed by atoms with Crippen molar-refractivity contribution < 1.29 is 0 Å². The topological polar surface area (TPSA) is 12.9 Å². The van der Waals surface area contributed by atoms with E-state index in [1.165, 1.54) is 22.4 Å². The number of rotatable bonds is 5. The lowest BCUT2D eigenvalue weighted by molar-refractivity contribution is 0.897. The number of hydrogen-bond donors (Lipinski definition) is 0. The normalized spacial score (nSPS) is 12.9. The fraction of sp³-hybridized carbons (Fsp3) is 0.438. The second-order valence-corrected chi connectivity index (χ2v) is 4.71. The van der Waals surface area contributed by atoms with Crippen LogP contribution in [0, 0.1) is 6.92 Å². The third kappa shape index (κ3) is 5.48. The highest BCUT2D eigenvalue weighted by atomic mass is 14.7. The van der Waals surface area contributed by atoms with Crippen LogP contribution in [-0.4, -0.2) is 4.98 Å². The maximum atomic E-state index is 4.42. The van der Waals surface area contributed by atoms with Gasteiger partial charge in [0.25, 0.3) is 0 Å². The molecule has 0 spiro atoms. The van der Waals surface area contributed by atoms with Crippen molar-refractivity contribution in [2.75, 3.05) is 0 Å². The predicted octanol–water partition coefficient (Wildman–Crippen LogP) is 4.63. The molecule has 0 amide bonds. The van der Waals surface area contributed by atoms with Crippen LogP contribution in [-0.2, 0) is 6.42 Å². The molecule has 1 heterocycles. The van der Waals surface area contributed by atoms with Crippen LogP contribution in [0.25, 0.3) is 0 Å². The number of aryl methyl sites for hydroxylation is 2. The summed E-state index contributed by atoms with van der Waals surface area (Å²) in [5.41, 5.74) is 5.25. The van der Waals surface area contributed by atoms with Crippen molar-refractivity contribution >= 4 is 0 Å². The van der Waals surface area contributed by atoms with Crippen LogP contribution >= 0.6 is 0 Å². The highest BCUT2D eigenvalue weighted by Gasteiger charge is 1.95. The van der Waals surface area contributed by atoms with Gasteiger partial charge in [0, 0.05) is 11.9 Å². The lowest BCUT2D eigenvalue weighted by Gasteiger charge is -2.01. The molecular weight excluding hydrogens is 206 g/mol. The summed E-state index contributed by atoms with van der Waals surface area (Å²) in [5, 5.41) is 0. The Bertz CT molecular complexity index is 396. The maximum Gasteiger partial charge on any atom is 0.0407 e. The summed E-state index contributed by atoms with van der Waals surface area (Å²) in [6.07, 6.45) is 9.63. The third-order valence-electron chi connectivity index (χ3n) is 2.96. The SMILES string of the molecule is CC/C(C)=C\C=C(/C)CCc1ccc(C)cn1. The minimum absolute atomic E-state index is 1.03. The van der Waals surface area contributed by atoms with Gasteiger partial charge in [-0.25, -0.2) is 0 Å². The first-order valence-electron chi connectivity index (χ1n) is 6.36. The summed E-state index contributed by atoms with van der Waals surface area (Å²) < 4.78 is 0. The number of nitrogens with zero attached hydrogens (tertiary/aromatic N) is 1. The zero-order chi connectivity index (χ0) is 12.7. The van der Waals surface area contributed by atoms with Crippen molar-refractivity contribution in [2.24, 2.45) is 0 Å². The van der Waals surface area contributed by atoms with Crippen LogP contribution in [0.2, 0.25) is 0 Å². The van der Waals surface area contributed by atoms with Crippen molar-refractivity contribution in [3.8, 4) is 0 Å². The van der Waals surface area contributed by atoms with E-state index in [1.807, 2.05) is 6.20 Å². The third-order valence-corrected chi connectivity index (χ3v) is 2.96. The van der Waals surface area contributed by atoms with E-state index in [2.05, 4.69) is 57.0 Å². The van der Waals surface area contributed by atoms with Crippen molar-refractivity contribution in [3.05, 3.63) is 52.9 Å². The Balaban J connectivity index is 2.48. The molecule has 17 heavy (non-hydrogen) atoms. The van der Waals surface area contributed by atoms with Crippen molar-refractivity contribution in [2.45, 2.75) is 47.0 Å². The van der Waals surface area contributed by atoms with Crippen molar-refractivity contribution in [3.63, 3.8) is 0 Å². The Morgan fingerprint density at radius 2 is 1.88 bits per heavy atom. The molecule has 0 bridgehead atoms. The van der Waals surface area contributed by atoms with Crippen LogP contribution in [0.15, 0.2) is 41.6 Å². The molecule has 0 unspecified atom stereocenters. The average molecular weight is 229 g/mol. The first kappa shape index (κ1) is 13.7. The van der Waals surface area contributed by atoms with E-state index in [0.29, 0.717) is 0 Å². The first-order chi connectivity index (χ1) is 8.11. The lowest BCUT2D eigenvalue weighted by atomic mass is 10.1. The molecule has 0 N–H and O–H groups in total. The second-order valence-electron chi connectivity index (χ2n) is 4.71. The molecule has 92 valence electrons. The molecule has 1 heteroatoms. The van der Waals surface area contributed by atoms with E-state index in [1.54, 1.807) is 0 Å². The smallest absolute Gasteiger partial charge is 0.0407 e.